The van der Waals surface area contributed by atoms with Crippen LogP contribution in [-0.4, -0.2) is 57.4 Å². The van der Waals surface area contributed by atoms with Gasteiger partial charge in [-0.15, -0.1) is 0 Å². The lowest BCUT2D eigenvalue weighted by Gasteiger charge is -2.35. The Bertz CT molecular complexity index is 823. The highest BCUT2D eigenvalue weighted by atomic mass is 19.1. The van der Waals surface area contributed by atoms with E-state index in [-0.39, 0.29) is 11.9 Å². The molecule has 1 aliphatic heterocycles. The van der Waals surface area contributed by atoms with Crippen LogP contribution in [0.3, 0.4) is 0 Å². The lowest BCUT2D eigenvalue weighted by atomic mass is 10.0. The van der Waals surface area contributed by atoms with Crippen LogP contribution in [0.15, 0.2) is 53.5 Å². The summed E-state index contributed by atoms with van der Waals surface area (Å²) in [5.74, 6) is 0.539. The largest absolute Gasteiger partial charge is 0.380 e. The molecule has 0 aliphatic carbocycles. The molecular formula is C24H33FN4O2. The lowest BCUT2D eigenvalue weighted by molar-refractivity contribution is 0.0170. The van der Waals surface area contributed by atoms with Crippen LogP contribution < -0.4 is 10.6 Å². The Morgan fingerprint density at radius 2 is 1.81 bits per heavy atom. The molecule has 0 aromatic heterocycles. The predicted molar refractivity (Wildman–Crippen MR) is 122 cm³/mol. The van der Waals surface area contributed by atoms with Gasteiger partial charge >= 0.3 is 0 Å². The number of aliphatic imine (C=N–C) groups is 1. The normalized spacial score (nSPS) is 16.2. The number of halogens is 1. The third-order valence-corrected chi connectivity index (χ3v) is 5.37. The van der Waals surface area contributed by atoms with Crippen LogP contribution in [0.5, 0.6) is 0 Å². The number of morpholine rings is 1. The summed E-state index contributed by atoms with van der Waals surface area (Å²) in [7, 11) is 1.70. The molecule has 6 nitrogen and oxygen atoms in total. The van der Waals surface area contributed by atoms with Crippen LogP contribution in [0.25, 0.3) is 0 Å². The minimum Gasteiger partial charge on any atom is -0.380 e. The van der Waals surface area contributed by atoms with E-state index in [9.17, 15) is 4.39 Å². The quantitative estimate of drug-likeness (QED) is 0.475. The van der Waals surface area contributed by atoms with Crippen molar-refractivity contribution in [3.05, 3.63) is 71.0 Å². The van der Waals surface area contributed by atoms with Crippen molar-refractivity contribution in [3.63, 3.8) is 0 Å². The molecule has 1 heterocycles. The van der Waals surface area contributed by atoms with Crippen molar-refractivity contribution in [2.75, 3.05) is 46.5 Å². The number of guanidine groups is 1. The van der Waals surface area contributed by atoms with Gasteiger partial charge in [-0.1, -0.05) is 36.4 Å². The second kappa shape index (κ2) is 12.4. The predicted octanol–water partition coefficient (Wildman–Crippen LogP) is 3.10. The Labute approximate surface area is 184 Å². The first-order valence-electron chi connectivity index (χ1n) is 10.9. The van der Waals surface area contributed by atoms with Crippen molar-refractivity contribution < 1.29 is 13.9 Å². The average molecular weight is 429 g/mol. The smallest absolute Gasteiger partial charge is 0.191 e. The van der Waals surface area contributed by atoms with E-state index < -0.39 is 0 Å². The third kappa shape index (κ3) is 7.02. The van der Waals surface area contributed by atoms with Crippen molar-refractivity contribution in [2.24, 2.45) is 4.99 Å². The first-order chi connectivity index (χ1) is 15.2. The maximum Gasteiger partial charge on any atom is 0.191 e. The number of methoxy groups -OCH3 is 1. The topological polar surface area (TPSA) is 58.1 Å². The molecule has 1 unspecified atom stereocenters. The van der Waals surface area contributed by atoms with Gasteiger partial charge in [0.2, 0.25) is 0 Å². The molecule has 3 rings (SSSR count). The minimum atomic E-state index is -0.220. The second-order valence-corrected chi connectivity index (χ2v) is 7.49. The van der Waals surface area contributed by atoms with Crippen LogP contribution in [-0.2, 0) is 22.6 Å². The Kier molecular flexibility index (Phi) is 9.27. The SMILES string of the molecule is CCNC(=NCc1ccccc1COC)NCC(c1ccc(F)cc1)N1CCOCC1. The van der Waals surface area contributed by atoms with Gasteiger partial charge in [-0.25, -0.2) is 9.38 Å². The zero-order chi connectivity index (χ0) is 21.9. The lowest BCUT2D eigenvalue weighted by Crippen LogP contribution is -2.46. The number of rotatable bonds is 9. The summed E-state index contributed by atoms with van der Waals surface area (Å²) in [6.45, 7) is 7.73. The van der Waals surface area contributed by atoms with Crippen molar-refractivity contribution in [2.45, 2.75) is 26.1 Å². The molecule has 1 fully saturated rings. The molecular weight excluding hydrogens is 395 g/mol. The molecule has 2 aromatic rings. The van der Waals surface area contributed by atoms with Crippen LogP contribution in [0, 0.1) is 5.82 Å². The summed E-state index contributed by atoms with van der Waals surface area (Å²) in [6.07, 6.45) is 0. The highest BCUT2D eigenvalue weighted by Gasteiger charge is 2.23. The molecule has 7 heteroatoms. The molecule has 2 N–H and O–H groups in total. The van der Waals surface area contributed by atoms with E-state index in [1.165, 1.54) is 12.1 Å². The zero-order valence-electron chi connectivity index (χ0n) is 18.4. The Hall–Kier alpha value is -2.48. The summed E-state index contributed by atoms with van der Waals surface area (Å²) < 4.78 is 24.3. The molecule has 2 aromatic carbocycles. The molecule has 1 aliphatic rings. The minimum absolute atomic E-state index is 0.106. The third-order valence-electron chi connectivity index (χ3n) is 5.37. The average Bonchev–Trinajstić information content (AvgIpc) is 2.80. The fourth-order valence-corrected chi connectivity index (χ4v) is 3.74. The Balaban J connectivity index is 1.72. The highest BCUT2D eigenvalue weighted by Crippen LogP contribution is 2.21. The molecule has 0 amide bonds. The first-order valence-corrected chi connectivity index (χ1v) is 10.9. The maximum absolute atomic E-state index is 13.5. The van der Waals surface area contributed by atoms with Gasteiger partial charge in [0.05, 0.1) is 32.4 Å². The van der Waals surface area contributed by atoms with E-state index >= 15 is 0 Å². The number of benzene rings is 2. The Morgan fingerprint density at radius 3 is 2.48 bits per heavy atom. The van der Waals surface area contributed by atoms with Crippen molar-refractivity contribution in [1.82, 2.24) is 15.5 Å². The van der Waals surface area contributed by atoms with Gasteiger partial charge in [0.25, 0.3) is 0 Å². The van der Waals surface area contributed by atoms with Crippen LogP contribution in [0.1, 0.15) is 29.7 Å². The van der Waals surface area contributed by atoms with Crippen LogP contribution in [0.4, 0.5) is 4.39 Å². The molecule has 31 heavy (non-hydrogen) atoms. The van der Waals surface area contributed by atoms with E-state index in [0.717, 1.165) is 42.3 Å². The number of nitrogens with zero attached hydrogens (tertiary/aromatic N) is 2. The number of nitrogens with one attached hydrogen (secondary N) is 2. The van der Waals surface area contributed by atoms with Crippen molar-refractivity contribution in [1.29, 1.82) is 0 Å². The number of hydrogen-bond acceptors (Lipinski definition) is 4. The fourth-order valence-electron chi connectivity index (χ4n) is 3.74. The van der Waals surface area contributed by atoms with E-state index in [4.69, 9.17) is 14.5 Å². The van der Waals surface area contributed by atoms with Gasteiger partial charge in [0.1, 0.15) is 5.82 Å². The highest BCUT2D eigenvalue weighted by molar-refractivity contribution is 5.79. The number of ether oxygens (including phenoxy) is 2. The molecule has 1 saturated heterocycles. The second-order valence-electron chi connectivity index (χ2n) is 7.49. The Morgan fingerprint density at radius 1 is 1.10 bits per heavy atom. The first kappa shape index (κ1) is 23.2. The molecule has 0 bridgehead atoms. The van der Waals surface area contributed by atoms with E-state index in [2.05, 4.69) is 34.6 Å². The van der Waals surface area contributed by atoms with Gasteiger partial charge < -0.3 is 20.1 Å². The standard InChI is InChI=1S/C24H33FN4O2/c1-3-26-24(27-16-20-6-4-5-7-21(20)18-30-2)28-17-23(29-12-14-31-15-13-29)19-8-10-22(25)11-9-19/h4-11,23H,3,12-18H2,1-2H3,(H2,26,27,28). The summed E-state index contributed by atoms with van der Waals surface area (Å²) in [5, 5.41) is 6.81. The van der Waals surface area contributed by atoms with E-state index in [0.29, 0.717) is 32.9 Å². The summed E-state index contributed by atoms with van der Waals surface area (Å²) in [5.41, 5.74) is 3.36. The van der Waals surface area contributed by atoms with Crippen molar-refractivity contribution in [3.8, 4) is 0 Å². The maximum atomic E-state index is 13.5. The van der Waals surface area contributed by atoms with E-state index in [1.54, 1.807) is 7.11 Å². The summed E-state index contributed by atoms with van der Waals surface area (Å²) in [4.78, 5) is 7.16. The zero-order valence-corrected chi connectivity index (χ0v) is 18.4. The van der Waals surface area contributed by atoms with E-state index in [1.807, 2.05) is 24.3 Å². The summed E-state index contributed by atoms with van der Waals surface area (Å²) >= 11 is 0. The van der Waals surface area contributed by atoms with Crippen LogP contribution >= 0.6 is 0 Å². The van der Waals surface area contributed by atoms with Crippen LogP contribution in [0.2, 0.25) is 0 Å². The molecule has 1 atom stereocenters. The van der Waals surface area contributed by atoms with Gasteiger partial charge in [-0.2, -0.15) is 0 Å². The van der Waals surface area contributed by atoms with Gasteiger partial charge in [0.15, 0.2) is 5.96 Å². The van der Waals surface area contributed by atoms with Gasteiger partial charge in [0, 0.05) is 33.3 Å². The monoisotopic (exact) mass is 428 g/mol. The van der Waals surface area contributed by atoms with Gasteiger partial charge in [-0.05, 0) is 35.7 Å². The summed E-state index contributed by atoms with van der Waals surface area (Å²) in [6, 6.07) is 15.1. The molecule has 0 radical (unpaired) electrons. The number of hydrogen-bond donors (Lipinski definition) is 2. The molecule has 0 spiro atoms. The molecule has 168 valence electrons. The van der Waals surface area contributed by atoms with Gasteiger partial charge in [-0.3, -0.25) is 4.90 Å². The molecule has 0 saturated carbocycles. The fraction of sp³-hybridized carbons (Fsp3) is 0.458. The van der Waals surface area contributed by atoms with Crippen molar-refractivity contribution >= 4 is 5.96 Å².